The number of aliphatic imine (C=N–C) groups is 1. The van der Waals surface area contributed by atoms with Gasteiger partial charge in [0.05, 0.1) is 19.2 Å². The highest BCUT2D eigenvalue weighted by Crippen LogP contribution is 2.25. The van der Waals surface area contributed by atoms with Gasteiger partial charge in [-0.15, -0.1) is 0 Å². The lowest BCUT2D eigenvalue weighted by Gasteiger charge is -2.38. The quantitative estimate of drug-likeness (QED) is 0.585. The Labute approximate surface area is 177 Å². The monoisotopic (exact) mass is 412 g/mol. The molecule has 1 saturated heterocycles. The van der Waals surface area contributed by atoms with Gasteiger partial charge in [-0.3, -0.25) is 4.79 Å². The Morgan fingerprint density at radius 1 is 1.17 bits per heavy atom. The molecule has 0 radical (unpaired) electrons. The summed E-state index contributed by atoms with van der Waals surface area (Å²) >= 11 is 0. The maximum absolute atomic E-state index is 13.3. The molecule has 30 heavy (non-hydrogen) atoms. The van der Waals surface area contributed by atoms with Crippen molar-refractivity contribution in [1.82, 2.24) is 15.5 Å². The fourth-order valence-corrected chi connectivity index (χ4v) is 3.48. The highest BCUT2D eigenvalue weighted by atomic mass is 19.1. The van der Waals surface area contributed by atoms with Gasteiger partial charge in [0.15, 0.2) is 5.96 Å². The molecular weight excluding hydrogens is 383 g/mol. The highest BCUT2D eigenvalue weighted by molar-refractivity contribution is 5.93. The SMILES string of the molecule is CCNC(=NCc1ccc(C(=O)NC)cc1)N1CC(C)OC(c2ccc(F)cc2)C1. The van der Waals surface area contributed by atoms with Gasteiger partial charge >= 0.3 is 0 Å². The summed E-state index contributed by atoms with van der Waals surface area (Å²) in [5.41, 5.74) is 2.60. The van der Waals surface area contributed by atoms with Crippen LogP contribution in [-0.2, 0) is 11.3 Å². The first-order valence-corrected chi connectivity index (χ1v) is 10.2. The Morgan fingerprint density at radius 3 is 2.50 bits per heavy atom. The van der Waals surface area contributed by atoms with Crippen molar-refractivity contribution in [2.75, 3.05) is 26.7 Å². The molecule has 1 heterocycles. The number of morpholine rings is 1. The molecule has 2 aromatic rings. The van der Waals surface area contributed by atoms with E-state index in [0.717, 1.165) is 30.2 Å². The number of carbonyl (C=O) groups excluding carboxylic acids is 1. The van der Waals surface area contributed by atoms with E-state index in [4.69, 9.17) is 9.73 Å². The Bertz CT molecular complexity index is 868. The van der Waals surface area contributed by atoms with E-state index in [1.807, 2.05) is 26.0 Å². The van der Waals surface area contributed by atoms with E-state index < -0.39 is 0 Å². The summed E-state index contributed by atoms with van der Waals surface area (Å²) in [5, 5.41) is 5.98. The average Bonchev–Trinajstić information content (AvgIpc) is 2.76. The third kappa shape index (κ3) is 5.57. The van der Waals surface area contributed by atoms with E-state index in [9.17, 15) is 9.18 Å². The van der Waals surface area contributed by atoms with E-state index in [-0.39, 0.29) is 23.9 Å². The van der Waals surface area contributed by atoms with Crippen molar-refractivity contribution in [2.45, 2.75) is 32.6 Å². The molecule has 1 aliphatic heterocycles. The smallest absolute Gasteiger partial charge is 0.251 e. The molecule has 1 aliphatic rings. The summed E-state index contributed by atoms with van der Waals surface area (Å²) in [5.74, 6) is 0.458. The summed E-state index contributed by atoms with van der Waals surface area (Å²) in [6.07, 6.45) is -0.130. The van der Waals surface area contributed by atoms with Crippen molar-refractivity contribution in [3.05, 3.63) is 71.0 Å². The third-order valence-corrected chi connectivity index (χ3v) is 4.99. The van der Waals surface area contributed by atoms with Crippen LogP contribution in [0.4, 0.5) is 4.39 Å². The molecule has 0 spiro atoms. The van der Waals surface area contributed by atoms with Gasteiger partial charge in [0.25, 0.3) is 5.91 Å². The van der Waals surface area contributed by atoms with E-state index in [1.165, 1.54) is 12.1 Å². The molecule has 3 rings (SSSR count). The first kappa shape index (κ1) is 21.8. The number of hydrogen-bond acceptors (Lipinski definition) is 3. The van der Waals surface area contributed by atoms with Gasteiger partial charge in [-0.25, -0.2) is 9.38 Å². The molecule has 2 atom stereocenters. The van der Waals surface area contributed by atoms with Crippen molar-refractivity contribution >= 4 is 11.9 Å². The number of benzene rings is 2. The number of amides is 1. The molecule has 7 heteroatoms. The van der Waals surface area contributed by atoms with Crippen molar-refractivity contribution in [1.29, 1.82) is 0 Å². The van der Waals surface area contributed by atoms with Crippen LogP contribution in [0.25, 0.3) is 0 Å². The standard InChI is InChI=1S/C23H29FN4O2/c1-4-26-23(27-13-17-5-7-19(8-6-17)22(29)25-3)28-14-16(2)30-21(15-28)18-9-11-20(24)12-10-18/h5-12,16,21H,4,13-15H2,1-3H3,(H,25,29)(H,26,27). The lowest BCUT2D eigenvalue weighted by atomic mass is 10.1. The molecule has 1 fully saturated rings. The minimum atomic E-state index is -0.253. The molecule has 0 aliphatic carbocycles. The van der Waals surface area contributed by atoms with Gasteiger partial charge in [-0.2, -0.15) is 0 Å². The fraction of sp³-hybridized carbons (Fsp3) is 0.391. The molecule has 6 nitrogen and oxygen atoms in total. The van der Waals surface area contributed by atoms with Crippen LogP contribution in [0.3, 0.4) is 0 Å². The maximum atomic E-state index is 13.3. The summed E-state index contributed by atoms with van der Waals surface area (Å²) in [7, 11) is 1.62. The van der Waals surface area contributed by atoms with E-state index in [1.54, 1.807) is 31.3 Å². The van der Waals surface area contributed by atoms with Crippen molar-refractivity contribution in [2.24, 2.45) is 4.99 Å². The number of nitrogens with one attached hydrogen (secondary N) is 2. The van der Waals surface area contributed by atoms with Gasteiger partial charge in [-0.1, -0.05) is 24.3 Å². The number of ether oxygens (including phenoxy) is 1. The van der Waals surface area contributed by atoms with Crippen molar-refractivity contribution in [3.8, 4) is 0 Å². The van der Waals surface area contributed by atoms with Gasteiger partial charge in [0, 0.05) is 25.7 Å². The fourth-order valence-electron chi connectivity index (χ4n) is 3.48. The Balaban J connectivity index is 1.73. The third-order valence-electron chi connectivity index (χ3n) is 4.99. The summed E-state index contributed by atoms with van der Waals surface area (Å²) < 4.78 is 19.4. The minimum Gasteiger partial charge on any atom is -0.367 e. The predicted octanol–water partition coefficient (Wildman–Crippen LogP) is 3.11. The van der Waals surface area contributed by atoms with E-state index in [2.05, 4.69) is 15.5 Å². The van der Waals surface area contributed by atoms with Crippen LogP contribution >= 0.6 is 0 Å². The molecule has 2 unspecified atom stereocenters. The molecule has 0 saturated carbocycles. The lowest BCUT2D eigenvalue weighted by molar-refractivity contribution is -0.0605. The molecule has 2 N–H and O–H groups in total. The second kappa shape index (κ2) is 10.2. The number of hydrogen-bond donors (Lipinski definition) is 2. The topological polar surface area (TPSA) is 66.0 Å². The van der Waals surface area contributed by atoms with Crippen molar-refractivity contribution < 1.29 is 13.9 Å². The number of nitrogens with zero attached hydrogens (tertiary/aromatic N) is 2. The number of guanidine groups is 1. The van der Waals surface area contributed by atoms with Crippen LogP contribution in [0.15, 0.2) is 53.5 Å². The number of halogens is 1. The Hall–Kier alpha value is -2.93. The van der Waals surface area contributed by atoms with E-state index >= 15 is 0 Å². The van der Waals surface area contributed by atoms with Crippen LogP contribution in [0.2, 0.25) is 0 Å². The maximum Gasteiger partial charge on any atom is 0.251 e. The van der Waals surface area contributed by atoms with Gasteiger partial charge in [-0.05, 0) is 49.2 Å². The van der Waals surface area contributed by atoms with Gasteiger partial charge in [0.2, 0.25) is 0 Å². The molecule has 1 amide bonds. The van der Waals surface area contributed by atoms with Crippen LogP contribution in [0.5, 0.6) is 0 Å². The largest absolute Gasteiger partial charge is 0.367 e. The summed E-state index contributed by atoms with van der Waals surface area (Å²) in [6.45, 7) is 6.68. The number of carbonyl (C=O) groups is 1. The molecule has 2 aromatic carbocycles. The van der Waals surface area contributed by atoms with Gasteiger partial charge in [0.1, 0.15) is 11.9 Å². The van der Waals surface area contributed by atoms with E-state index in [0.29, 0.717) is 18.7 Å². The second-order valence-corrected chi connectivity index (χ2v) is 7.34. The first-order valence-electron chi connectivity index (χ1n) is 10.2. The zero-order chi connectivity index (χ0) is 21.5. The highest BCUT2D eigenvalue weighted by Gasteiger charge is 2.28. The average molecular weight is 413 g/mol. The summed E-state index contributed by atoms with van der Waals surface area (Å²) in [6, 6.07) is 13.9. The Morgan fingerprint density at radius 2 is 1.87 bits per heavy atom. The van der Waals surface area contributed by atoms with Gasteiger partial charge < -0.3 is 20.3 Å². The predicted molar refractivity (Wildman–Crippen MR) is 116 cm³/mol. The van der Waals surface area contributed by atoms with Crippen molar-refractivity contribution in [3.63, 3.8) is 0 Å². The lowest BCUT2D eigenvalue weighted by Crippen LogP contribution is -2.50. The summed E-state index contributed by atoms with van der Waals surface area (Å²) in [4.78, 5) is 18.7. The molecule has 0 aromatic heterocycles. The molecule has 0 bridgehead atoms. The first-order chi connectivity index (χ1) is 14.5. The normalized spacial score (nSPS) is 19.5. The second-order valence-electron chi connectivity index (χ2n) is 7.34. The van der Waals surface area contributed by atoms with Crippen LogP contribution in [0.1, 0.15) is 41.4 Å². The van der Waals surface area contributed by atoms with Crippen LogP contribution in [-0.4, -0.2) is 49.6 Å². The Kier molecular flexibility index (Phi) is 7.41. The number of rotatable bonds is 5. The van der Waals surface area contributed by atoms with Crippen LogP contribution < -0.4 is 10.6 Å². The minimum absolute atomic E-state index is 0.0181. The zero-order valence-corrected chi connectivity index (χ0v) is 17.7. The molecule has 160 valence electrons. The van der Waals surface area contributed by atoms with Crippen LogP contribution in [0, 0.1) is 5.82 Å². The molecular formula is C23H29FN4O2. The zero-order valence-electron chi connectivity index (χ0n) is 17.7.